The minimum absolute atomic E-state index is 0.0598. The predicted molar refractivity (Wildman–Crippen MR) is 88.0 cm³/mol. The molecular weight excluding hydrogens is 361 g/mol. The summed E-state index contributed by atoms with van der Waals surface area (Å²) in [6.45, 7) is -0.191. The first kappa shape index (κ1) is 17.8. The molecule has 2 N–H and O–H groups in total. The van der Waals surface area contributed by atoms with Gasteiger partial charge in [-0.15, -0.1) is 4.98 Å². The van der Waals surface area contributed by atoms with Crippen LogP contribution in [0, 0.1) is 0 Å². The van der Waals surface area contributed by atoms with E-state index in [1.165, 1.54) is 20.3 Å². The first-order valence-electron chi connectivity index (χ1n) is 6.48. The highest BCUT2D eigenvalue weighted by Crippen LogP contribution is 2.25. The lowest BCUT2D eigenvalue weighted by molar-refractivity contribution is 0.169. The monoisotopic (exact) mass is 373 g/mol. The summed E-state index contributed by atoms with van der Waals surface area (Å²) in [5, 5.41) is 5.87. The fourth-order valence-electron chi connectivity index (χ4n) is 1.49. The molecule has 128 valence electrons. The van der Waals surface area contributed by atoms with Crippen molar-refractivity contribution in [2.45, 2.75) is 0 Å². The number of rotatable bonds is 6. The number of hydrogen-bond donors (Lipinski definition) is 2. The molecule has 0 saturated carbocycles. The van der Waals surface area contributed by atoms with E-state index < -0.39 is 6.09 Å². The lowest BCUT2D eigenvalue weighted by Gasteiger charge is -2.09. The quantitative estimate of drug-likeness (QED) is 0.744. The van der Waals surface area contributed by atoms with Gasteiger partial charge in [0.05, 0.1) is 24.3 Å². The van der Waals surface area contributed by atoms with E-state index in [0.29, 0.717) is 15.7 Å². The smallest absolute Gasteiger partial charge is 0.413 e. The van der Waals surface area contributed by atoms with Crippen molar-refractivity contribution in [3.05, 3.63) is 28.2 Å². The molecule has 24 heavy (non-hydrogen) atoms. The summed E-state index contributed by atoms with van der Waals surface area (Å²) in [5.74, 6) is 0.126. The number of nitrogens with zero attached hydrogens (tertiary/aromatic N) is 3. The third kappa shape index (κ3) is 5.00. The highest BCUT2D eigenvalue weighted by molar-refractivity contribution is 6.42. The van der Waals surface area contributed by atoms with Crippen LogP contribution < -0.4 is 20.1 Å². The van der Waals surface area contributed by atoms with Crippen molar-refractivity contribution >= 4 is 40.9 Å². The lowest BCUT2D eigenvalue weighted by Crippen LogP contribution is -2.19. The highest BCUT2D eigenvalue weighted by Gasteiger charge is 2.08. The molecular formula is C13H13Cl2N5O4. The SMILES string of the molecule is COc1nc(NCOC(=O)Nc2ccc(Cl)c(Cl)c2)nc(OC)n1. The average Bonchev–Trinajstić information content (AvgIpc) is 2.57. The molecule has 1 amide bonds. The molecule has 0 radical (unpaired) electrons. The topological polar surface area (TPSA) is 107 Å². The second-order valence-electron chi connectivity index (χ2n) is 4.14. The van der Waals surface area contributed by atoms with Crippen LogP contribution in [0.2, 0.25) is 10.0 Å². The molecule has 0 saturated heterocycles. The van der Waals surface area contributed by atoms with Crippen molar-refractivity contribution in [1.82, 2.24) is 15.0 Å². The fraction of sp³-hybridized carbons (Fsp3) is 0.231. The van der Waals surface area contributed by atoms with E-state index >= 15 is 0 Å². The summed E-state index contributed by atoms with van der Waals surface area (Å²) in [5.41, 5.74) is 0.442. The molecule has 2 rings (SSSR count). The lowest BCUT2D eigenvalue weighted by atomic mass is 10.3. The maximum absolute atomic E-state index is 11.7. The normalized spacial score (nSPS) is 10.0. The summed E-state index contributed by atoms with van der Waals surface area (Å²) in [7, 11) is 2.81. The number of ether oxygens (including phenoxy) is 3. The van der Waals surface area contributed by atoms with E-state index in [9.17, 15) is 4.79 Å². The summed E-state index contributed by atoms with van der Waals surface area (Å²) in [6, 6.07) is 4.76. The van der Waals surface area contributed by atoms with Crippen LogP contribution in [0.4, 0.5) is 16.4 Å². The van der Waals surface area contributed by atoms with Crippen LogP contribution in [0.1, 0.15) is 0 Å². The zero-order valence-corrected chi connectivity index (χ0v) is 14.2. The van der Waals surface area contributed by atoms with Gasteiger partial charge in [0.1, 0.15) is 0 Å². The van der Waals surface area contributed by atoms with Crippen LogP contribution >= 0.6 is 23.2 Å². The number of hydrogen-bond acceptors (Lipinski definition) is 8. The molecule has 0 aliphatic rings. The molecule has 0 bridgehead atoms. The van der Waals surface area contributed by atoms with Crippen molar-refractivity contribution in [2.75, 3.05) is 31.6 Å². The van der Waals surface area contributed by atoms with E-state index in [-0.39, 0.29) is 24.7 Å². The van der Waals surface area contributed by atoms with Crippen LogP contribution in [0.25, 0.3) is 0 Å². The Kier molecular flexibility index (Phi) is 6.21. The Morgan fingerprint density at radius 1 is 1.08 bits per heavy atom. The van der Waals surface area contributed by atoms with Crippen LogP contribution in [0.3, 0.4) is 0 Å². The van der Waals surface area contributed by atoms with Crippen molar-refractivity contribution in [2.24, 2.45) is 0 Å². The van der Waals surface area contributed by atoms with E-state index in [4.69, 9.17) is 37.4 Å². The third-order valence-electron chi connectivity index (χ3n) is 2.56. The second-order valence-corrected chi connectivity index (χ2v) is 4.95. The molecule has 0 unspecified atom stereocenters. The molecule has 1 aromatic heterocycles. The molecule has 11 heteroatoms. The minimum atomic E-state index is -0.700. The zero-order valence-electron chi connectivity index (χ0n) is 12.7. The van der Waals surface area contributed by atoms with Gasteiger partial charge in [-0.25, -0.2) is 4.79 Å². The second kappa shape index (κ2) is 8.37. The number of amides is 1. The van der Waals surface area contributed by atoms with E-state index in [1.807, 2.05) is 0 Å². The number of aromatic nitrogens is 3. The van der Waals surface area contributed by atoms with Gasteiger partial charge >= 0.3 is 18.1 Å². The number of nitrogens with one attached hydrogen (secondary N) is 2. The van der Waals surface area contributed by atoms with E-state index in [1.54, 1.807) is 12.1 Å². The van der Waals surface area contributed by atoms with E-state index in [2.05, 4.69) is 25.6 Å². The molecule has 9 nitrogen and oxygen atoms in total. The first-order chi connectivity index (χ1) is 11.5. The minimum Gasteiger partial charge on any atom is -0.467 e. The number of carbonyl (C=O) groups is 1. The summed E-state index contributed by atoms with van der Waals surface area (Å²) in [4.78, 5) is 23.4. The van der Waals surface area contributed by atoms with Gasteiger partial charge < -0.3 is 19.5 Å². The van der Waals surface area contributed by atoms with Gasteiger partial charge in [-0.05, 0) is 18.2 Å². The van der Waals surface area contributed by atoms with Crippen LogP contribution in [-0.2, 0) is 4.74 Å². The maximum Gasteiger partial charge on any atom is 0.413 e. The number of methoxy groups -OCH3 is 2. The molecule has 0 spiro atoms. The number of halogens is 2. The molecule has 1 aromatic carbocycles. The summed E-state index contributed by atoms with van der Waals surface area (Å²) >= 11 is 11.6. The van der Waals surface area contributed by atoms with E-state index in [0.717, 1.165) is 0 Å². The largest absolute Gasteiger partial charge is 0.467 e. The van der Waals surface area contributed by atoms with Crippen molar-refractivity contribution in [3.63, 3.8) is 0 Å². The molecule has 0 aliphatic carbocycles. The van der Waals surface area contributed by atoms with Gasteiger partial charge in [-0.2, -0.15) is 9.97 Å². The Hall–Kier alpha value is -2.52. The third-order valence-corrected chi connectivity index (χ3v) is 3.30. The summed E-state index contributed by atoms with van der Waals surface area (Å²) < 4.78 is 14.7. The Bertz CT molecular complexity index is 709. The van der Waals surface area contributed by atoms with Gasteiger partial charge in [0.15, 0.2) is 6.73 Å². The molecule has 0 aliphatic heterocycles. The predicted octanol–water partition coefficient (Wildman–Crippen LogP) is 2.81. The molecule has 0 fully saturated rings. The fourth-order valence-corrected chi connectivity index (χ4v) is 1.79. The van der Waals surface area contributed by atoms with Crippen LogP contribution in [-0.4, -0.2) is 42.0 Å². The van der Waals surface area contributed by atoms with Crippen molar-refractivity contribution in [3.8, 4) is 12.0 Å². The summed E-state index contributed by atoms with van der Waals surface area (Å²) in [6.07, 6.45) is -0.700. The molecule has 0 atom stereocenters. The number of anilines is 2. The van der Waals surface area contributed by atoms with Crippen molar-refractivity contribution in [1.29, 1.82) is 0 Å². The average molecular weight is 374 g/mol. The Labute approximate surface area is 147 Å². The highest BCUT2D eigenvalue weighted by atomic mass is 35.5. The number of benzene rings is 1. The Balaban J connectivity index is 1.87. The number of carbonyl (C=O) groups excluding carboxylic acids is 1. The molecule has 1 heterocycles. The van der Waals surface area contributed by atoms with Gasteiger partial charge in [0.25, 0.3) is 0 Å². The van der Waals surface area contributed by atoms with Crippen LogP contribution in [0.15, 0.2) is 18.2 Å². The van der Waals surface area contributed by atoms with Crippen LogP contribution in [0.5, 0.6) is 12.0 Å². The zero-order chi connectivity index (χ0) is 17.5. The standard InChI is InChI=1S/C13H13Cl2N5O4/c1-22-11-18-10(19-12(20-11)23-2)16-6-24-13(21)17-7-3-4-8(14)9(15)5-7/h3-5H,6H2,1-2H3,(H,17,21)(H,16,18,19,20). The van der Waals surface area contributed by atoms with Gasteiger partial charge in [-0.3, -0.25) is 5.32 Å². The van der Waals surface area contributed by atoms with Gasteiger partial charge in [0.2, 0.25) is 5.95 Å². The van der Waals surface area contributed by atoms with Crippen molar-refractivity contribution < 1.29 is 19.0 Å². The Morgan fingerprint density at radius 3 is 2.33 bits per heavy atom. The van der Waals surface area contributed by atoms with Gasteiger partial charge in [-0.1, -0.05) is 23.2 Å². The maximum atomic E-state index is 11.7. The van der Waals surface area contributed by atoms with Gasteiger partial charge in [0, 0.05) is 5.69 Å². The Morgan fingerprint density at radius 2 is 1.75 bits per heavy atom. The first-order valence-corrected chi connectivity index (χ1v) is 7.24. The molecule has 2 aromatic rings.